The van der Waals surface area contributed by atoms with Crippen LogP contribution in [0, 0.1) is 18.2 Å². The Hall–Kier alpha value is -3.00. The Bertz CT molecular complexity index is 706. The number of hydrogen-bond donors (Lipinski definition) is 1. The van der Waals surface area contributed by atoms with Crippen molar-refractivity contribution >= 4 is 17.5 Å². The Morgan fingerprint density at radius 1 is 1.21 bits per heavy atom. The zero-order chi connectivity index (χ0) is 17.4. The second-order valence-corrected chi connectivity index (χ2v) is 5.08. The summed E-state index contributed by atoms with van der Waals surface area (Å²) in [5.41, 5.74) is 2.51. The molecule has 0 aromatic heterocycles. The molecule has 1 amide bonds. The molecule has 2 aromatic carbocycles. The monoisotopic (exact) mass is 326 g/mol. The molecular weight excluding hydrogens is 307 g/mol. The third-order valence-electron chi connectivity index (χ3n) is 3.32. The zero-order valence-corrected chi connectivity index (χ0v) is 13.5. The molecule has 0 radical (unpaired) electrons. The van der Waals surface area contributed by atoms with Gasteiger partial charge >= 0.3 is 6.09 Å². The fourth-order valence-corrected chi connectivity index (χ4v) is 2.20. The van der Waals surface area contributed by atoms with E-state index >= 15 is 0 Å². The van der Waals surface area contributed by atoms with Gasteiger partial charge in [0.25, 0.3) is 0 Å². The highest BCUT2D eigenvalue weighted by atomic mass is 19.1. The van der Waals surface area contributed by atoms with Crippen LogP contribution in [0.25, 0.3) is 0 Å². The number of anilines is 2. The highest BCUT2D eigenvalue weighted by molar-refractivity contribution is 5.84. The summed E-state index contributed by atoms with van der Waals surface area (Å²) in [5, 5.41) is 2.64. The number of rotatable bonds is 6. The van der Waals surface area contributed by atoms with Crippen LogP contribution in [0.2, 0.25) is 0 Å². The van der Waals surface area contributed by atoms with E-state index in [9.17, 15) is 9.18 Å². The van der Waals surface area contributed by atoms with Crippen LogP contribution >= 0.6 is 0 Å². The largest absolute Gasteiger partial charge is 0.450 e. The number of amides is 1. The summed E-state index contributed by atoms with van der Waals surface area (Å²) in [6.45, 7) is 3.05. The van der Waals surface area contributed by atoms with Crippen molar-refractivity contribution in [1.29, 1.82) is 0 Å². The Kier molecular flexibility index (Phi) is 6.21. The lowest BCUT2D eigenvalue weighted by atomic mass is 10.2. The second-order valence-electron chi connectivity index (χ2n) is 5.08. The number of ether oxygens (including phenoxy) is 1. The van der Waals surface area contributed by atoms with Crippen LogP contribution in [0.4, 0.5) is 20.6 Å². The van der Waals surface area contributed by atoms with Gasteiger partial charge in [-0.1, -0.05) is 18.1 Å². The molecule has 0 fully saturated rings. The summed E-state index contributed by atoms with van der Waals surface area (Å²) < 4.78 is 17.8. The van der Waals surface area contributed by atoms with Crippen LogP contribution in [-0.2, 0) is 11.3 Å². The molecule has 0 bridgehead atoms. The summed E-state index contributed by atoms with van der Waals surface area (Å²) in [5.74, 6) is 2.36. The number of carbonyl (C=O) groups is 1. The number of halogens is 1. The highest BCUT2D eigenvalue weighted by Crippen LogP contribution is 2.20. The lowest BCUT2D eigenvalue weighted by molar-refractivity contribution is 0.168. The lowest BCUT2D eigenvalue weighted by Gasteiger charge is -2.23. The second kappa shape index (κ2) is 8.59. The number of hydrogen-bond acceptors (Lipinski definition) is 3. The van der Waals surface area contributed by atoms with Crippen molar-refractivity contribution < 1.29 is 13.9 Å². The Balaban J connectivity index is 2.08. The molecule has 4 nitrogen and oxygen atoms in total. The van der Waals surface area contributed by atoms with Crippen LogP contribution < -0.4 is 10.2 Å². The summed E-state index contributed by atoms with van der Waals surface area (Å²) in [6, 6.07) is 13.6. The van der Waals surface area contributed by atoms with Gasteiger partial charge in [0.05, 0.1) is 13.2 Å². The first-order valence-corrected chi connectivity index (χ1v) is 7.59. The molecule has 124 valence electrons. The van der Waals surface area contributed by atoms with E-state index in [0.29, 0.717) is 25.4 Å². The van der Waals surface area contributed by atoms with Crippen LogP contribution in [-0.4, -0.2) is 19.2 Å². The number of carbonyl (C=O) groups excluding carboxylic acids is 1. The van der Waals surface area contributed by atoms with Gasteiger partial charge in [0.2, 0.25) is 0 Å². The summed E-state index contributed by atoms with van der Waals surface area (Å²) in [7, 11) is 0. The van der Waals surface area contributed by atoms with E-state index in [1.165, 1.54) is 12.1 Å². The van der Waals surface area contributed by atoms with Crippen molar-refractivity contribution in [3.05, 3.63) is 59.9 Å². The van der Waals surface area contributed by atoms with Gasteiger partial charge in [-0.15, -0.1) is 6.42 Å². The first-order chi connectivity index (χ1) is 11.6. The van der Waals surface area contributed by atoms with Gasteiger partial charge < -0.3 is 9.64 Å². The molecule has 0 heterocycles. The van der Waals surface area contributed by atoms with E-state index in [2.05, 4.69) is 11.2 Å². The maximum Gasteiger partial charge on any atom is 0.411 e. The number of nitrogens with one attached hydrogen (secondary N) is 1. The van der Waals surface area contributed by atoms with E-state index in [1.807, 2.05) is 17.0 Å². The van der Waals surface area contributed by atoms with Crippen LogP contribution in [0.3, 0.4) is 0 Å². The molecule has 0 aliphatic heterocycles. The van der Waals surface area contributed by atoms with Gasteiger partial charge in [-0.25, -0.2) is 9.18 Å². The maximum atomic E-state index is 13.0. The standard InChI is InChI=1S/C19H19FN2O2/c1-3-13-22(14-15-5-7-16(20)8-6-15)18-11-9-17(10-12-18)21-19(23)24-4-2/h1,5-12H,4,13-14H2,2H3,(H,21,23). The predicted octanol–water partition coefficient (Wildman–Crippen LogP) is 4.03. The number of nitrogens with zero attached hydrogens (tertiary/aromatic N) is 1. The Morgan fingerprint density at radius 3 is 2.46 bits per heavy atom. The fraction of sp³-hybridized carbons (Fsp3) is 0.211. The molecule has 1 N–H and O–H groups in total. The van der Waals surface area contributed by atoms with Gasteiger partial charge in [0, 0.05) is 17.9 Å². The van der Waals surface area contributed by atoms with Crippen LogP contribution in [0.1, 0.15) is 12.5 Å². The predicted molar refractivity (Wildman–Crippen MR) is 93.4 cm³/mol. The van der Waals surface area contributed by atoms with Gasteiger partial charge in [-0.05, 0) is 48.9 Å². The molecule has 2 aromatic rings. The molecule has 0 saturated carbocycles. The average Bonchev–Trinajstić information content (AvgIpc) is 2.57. The summed E-state index contributed by atoms with van der Waals surface area (Å²) in [4.78, 5) is 13.4. The van der Waals surface area contributed by atoms with E-state index in [1.54, 1.807) is 31.2 Å². The van der Waals surface area contributed by atoms with Crippen molar-refractivity contribution in [2.75, 3.05) is 23.4 Å². The fourth-order valence-electron chi connectivity index (χ4n) is 2.20. The first kappa shape index (κ1) is 17.4. The van der Waals surface area contributed by atoms with Gasteiger partial charge in [0.1, 0.15) is 5.82 Å². The van der Waals surface area contributed by atoms with Crippen molar-refractivity contribution in [3.8, 4) is 12.3 Å². The molecule has 0 saturated heterocycles. The minimum absolute atomic E-state index is 0.267. The van der Waals surface area contributed by atoms with Gasteiger partial charge in [-0.3, -0.25) is 5.32 Å². The van der Waals surface area contributed by atoms with Crippen molar-refractivity contribution in [2.45, 2.75) is 13.5 Å². The maximum absolute atomic E-state index is 13.0. The highest BCUT2D eigenvalue weighted by Gasteiger charge is 2.08. The minimum atomic E-state index is -0.489. The molecule has 0 spiro atoms. The zero-order valence-electron chi connectivity index (χ0n) is 13.5. The third kappa shape index (κ3) is 5.03. The molecule has 2 rings (SSSR count). The molecule has 0 atom stereocenters. The Morgan fingerprint density at radius 2 is 1.88 bits per heavy atom. The molecule has 0 aliphatic carbocycles. The first-order valence-electron chi connectivity index (χ1n) is 7.59. The topological polar surface area (TPSA) is 41.6 Å². The van der Waals surface area contributed by atoms with Crippen molar-refractivity contribution in [2.24, 2.45) is 0 Å². The van der Waals surface area contributed by atoms with Crippen molar-refractivity contribution in [1.82, 2.24) is 0 Å². The molecule has 5 heteroatoms. The lowest BCUT2D eigenvalue weighted by Crippen LogP contribution is -2.23. The average molecular weight is 326 g/mol. The smallest absolute Gasteiger partial charge is 0.411 e. The molecular formula is C19H19FN2O2. The molecule has 24 heavy (non-hydrogen) atoms. The quantitative estimate of drug-likeness (QED) is 0.815. The van der Waals surface area contributed by atoms with E-state index in [-0.39, 0.29) is 5.82 Å². The van der Waals surface area contributed by atoms with E-state index in [0.717, 1.165) is 11.3 Å². The van der Waals surface area contributed by atoms with E-state index < -0.39 is 6.09 Å². The number of terminal acetylenes is 1. The van der Waals surface area contributed by atoms with E-state index in [4.69, 9.17) is 11.2 Å². The molecule has 0 aliphatic rings. The summed E-state index contributed by atoms with van der Waals surface area (Å²) in [6.07, 6.45) is 4.96. The van der Waals surface area contributed by atoms with Gasteiger partial charge in [0.15, 0.2) is 0 Å². The SMILES string of the molecule is C#CCN(Cc1ccc(F)cc1)c1ccc(NC(=O)OCC)cc1. The molecule has 0 unspecified atom stereocenters. The van der Waals surface area contributed by atoms with Gasteiger partial charge in [-0.2, -0.15) is 0 Å². The van der Waals surface area contributed by atoms with Crippen molar-refractivity contribution in [3.63, 3.8) is 0 Å². The normalized spacial score (nSPS) is 9.88. The Labute approximate surface area is 141 Å². The van der Waals surface area contributed by atoms with Crippen LogP contribution in [0.5, 0.6) is 0 Å². The number of benzene rings is 2. The minimum Gasteiger partial charge on any atom is -0.450 e. The van der Waals surface area contributed by atoms with Crippen LogP contribution in [0.15, 0.2) is 48.5 Å². The third-order valence-corrected chi connectivity index (χ3v) is 3.32. The summed E-state index contributed by atoms with van der Waals surface area (Å²) >= 11 is 0.